The van der Waals surface area contributed by atoms with Gasteiger partial charge in [0, 0.05) is 0 Å². The minimum atomic E-state index is -7.95. The van der Waals surface area contributed by atoms with Crippen LogP contribution >= 0.6 is 0 Å². The van der Waals surface area contributed by atoms with Crippen molar-refractivity contribution in [2.24, 2.45) is 0 Å². The number of hydrogen-bond donors (Lipinski definition) is 0. The summed E-state index contributed by atoms with van der Waals surface area (Å²) in [6, 6.07) is 9.46. The van der Waals surface area contributed by atoms with Crippen molar-refractivity contribution in [3.8, 4) is 22.6 Å². The lowest BCUT2D eigenvalue weighted by molar-refractivity contribution is -0.542. The van der Waals surface area contributed by atoms with E-state index in [0.29, 0.717) is 17.5 Å². The van der Waals surface area contributed by atoms with Gasteiger partial charge < -0.3 is 9.47 Å². The number of halogens is 16. The number of alkyl halides is 16. The Morgan fingerprint density at radius 3 is 1.50 bits per heavy atom. The van der Waals surface area contributed by atoms with Crippen molar-refractivity contribution in [3.05, 3.63) is 48.5 Å². The molecule has 0 aliphatic heterocycles. The molecular formula is C25H18F16O5. The molecule has 46 heavy (non-hydrogen) atoms. The molecule has 0 heterocycles. The summed E-state index contributed by atoms with van der Waals surface area (Å²) in [5.74, 6) is -17.5. The van der Waals surface area contributed by atoms with E-state index in [1.165, 1.54) is 36.4 Å². The lowest BCUT2D eigenvalue weighted by Gasteiger charge is -2.36. The minimum Gasteiger partial charge on any atom is -0.484 e. The highest BCUT2D eigenvalue weighted by atomic mass is 19.4. The average Bonchev–Trinajstić information content (AvgIpc) is 2.91. The van der Waals surface area contributed by atoms with Crippen LogP contribution in [0.4, 0.5) is 70.2 Å². The number of carbonyl (C=O) groups is 1. The Morgan fingerprint density at radius 2 is 1.07 bits per heavy atom. The van der Waals surface area contributed by atoms with Gasteiger partial charge in [-0.05, 0) is 41.8 Å². The monoisotopic (exact) mass is 702 g/mol. The van der Waals surface area contributed by atoms with E-state index in [4.69, 9.17) is 4.74 Å². The van der Waals surface area contributed by atoms with Crippen molar-refractivity contribution in [2.45, 2.75) is 68.4 Å². The van der Waals surface area contributed by atoms with Crippen LogP contribution in [0.15, 0.2) is 48.5 Å². The maximum absolute atomic E-state index is 13.8. The summed E-state index contributed by atoms with van der Waals surface area (Å²) in [6.45, 7) is -0.753. The Morgan fingerprint density at radius 1 is 0.630 bits per heavy atom. The zero-order valence-corrected chi connectivity index (χ0v) is 22.4. The van der Waals surface area contributed by atoms with Crippen LogP contribution in [0.2, 0.25) is 0 Å². The smallest absolute Gasteiger partial charge is 0.460 e. The van der Waals surface area contributed by atoms with E-state index in [1.807, 2.05) is 0 Å². The summed E-state index contributed by atoms with van der Waals surface area (Å²) in [4.78, 5) is 11.6. The first kappa shape index (κ1) is 38.7. The molecule has 0 amide bonds. The van der Waals surface area contributed by atoms with Gasteiger partial charge >= 0.3 is 48.4 Å². The molecule has 260 valence electrons. The lowest BCUT2D eigenvalue weighted by atomic mass is 10.1. The van der Waals surface area contributed by atoms with Gasteiger partial charge in [0.15, 0.2) is 12.8 Å². The van der Waals surface area contributed by atoms with E-state index in [0.717, 1.165) is 12.1 Å². The highest BCUT2D eigenvalue weighted by molar-refractivity contribution is 5.77. The predicted molar refractivity (Wildman–Crippen MR) is 121 cm³/mol. The van der Waals surface area contributed by atoms with Crippen molar-refractivity contribution in [2.75, 3.05) is 6.61 Å². The zero-order chi connectivity index (χ0) is 35.6. The molecule has 0 fully saturated rings. The van der Waals surface area contributed by atoms with E-state index in [9.17, 15) is 75.0 Å². The minimum absolute atomic E-state index is 0.0286. The first-order valence-corrected chi connectivity index (χ1v) is 12.1. The molecule has 0 N–H and O–H groups in total. The van der Waals surface area contributed by atoms with Gasteiger partial charge in [0.1, 0.15) is 11.5 Å². The Kier molecular flexibility index (Phi) is 11.2. The average molecular weight is 702 g/mol. The summed E-state index contributed by atoms with van der Waals surface area (Å²) in [5.41, 5.74) is 0.711. The second kappa shape index (κ2) is 13.3. The van der Waals surface area contributed by atoms with Crippen molar-refractivity contribution < 1.29 is 94.0 Å². The molecule has 0 saturated carbocycles. The molecule has 5 nitrogen and oxygen atoms in total. The highest BCUT2D eigenvalue weighted by Gasteiger charge is 2.85. The van der Waals surface area contributed by atoms with E-state index < -0.39 is 67.0 Å². The molecule has 2 aromatic carbocycles. The number of carbonyl (C=O) groups excluding carboxylic acids is 1. The first-order chi connectivity index (χ1) is 20.7. The van der Waals surface area contributed by atoms with Crippen LogP contribution in [-0.2, 0) is 14.3 Å². The Hall–Kier alpha value is -3.49. The largest absolute Gasteiger partial charge is 0.484 e. The second-order valence-electron chi connectivity index (χ2n) is 9.05. The summed E-state index contributed by atoms with van der Waals surface area (Å²) in [7, 11) is 0. The molecule has 0 aromatic heterocycles. The third kappa shape index (κ3) is 8.65. The van der Waals surface area contributed by atoms with E-state index in [-0.39, 0.29) is 12.2 Å². The number of esters is 1. The number of benzene rings is 2. The van der Waals surface area contributed by atoms with Crippen LogP contribution < -0.4 is 9.47 Å². The van der Waals surface area contributed by atoms with E-state index in [2.05, 4.69) is 9.47 Å². The maximum Gasteiger partial charge on any atom is 0.460 e. The molecule has 0 radical (unpaired) electrons. The fourth-order valence-corrected chi connectivity index (χ4v) is 3.10. The molecule has 2 rings (SSSR count). The molecule has 1 atom stereocenters. The van der Waals surface area contributed by atoms with Gasteiger partial charge in [-0.2, -0.15) is 65.9 Å². The summed E-state index contributed by atoms with van der Waals surface area (Å²) in [5, 5.41) is 0. The Bertz CT molecular complexity index is 1310. The van der Waals surface area contributed by atoms with Crippen LogP contribution in [-0.4, -0.2) is 61.2 Å². The van der Waals surface area contributed by atoms with Gasteiger partial charge in [-0.3, -0.25) is 0 Å². The van der Waals surface area contributed by atoms with Gasteiger partial charge in [-0.25, -0.2) is 18.7 Å². The Balaban J connectivity index is 2.07. The van der Waals surface area contributed by atoms with Crippen molar-refractivity contribution in [3.63, 3.8) is 0 Å². The molecule has 2 aromatic rings. The normalized spacial score (nSPS) is 14.6. The molecule has 0 spiro atoms. The van der Waals surface area contributed by atoms with Crippen LogP contribution in [0.1, 0.15) is 19.8 Å². The van der Waals surface area contributed by atoms with Gasteiger partial charge in [0.2, 0.25) is 0 Å². The molecular weight excluding hydrogens is 684 g/mol. The predicted octanol–water partition coefficient (Wildman–Crippen LogP) is 9.01. The third-order valence-corrected chi connectivity index (χ3v) is 5.45. The van der Waals surface area contributed by atoms with Gasteiger partial charge in [0.25, 0.3) is 0 Å². The van der Waals surface area contributed by atoms with Crippen LogP contribution in [0, 0.1) is 0 Å². The molecule has 0 saturated heterocycles. The lowest BCUT2D eigenvalue weighted by Crippen LogP contribution is -2.64. The SMILES string of the molecule is CCC[C@H](F)C(=O)Oc1ccc(-c2ccc(OCC(F)(F)OC(F)(F)C(F)(F)OC(F)(F)C(F)(F)C(F)(F)C(F)(F)F)cc2)cc1. The van der Waals surface area contributed by atoms with Crippen molar-refractivity contribution >= 4 is 5.97 Å². The highest BCUT2D eigenvalue weighted by Crippen LogP contribution is 2.56. The molecule has 21 heteroatoms. The fraction of sp³-hybridized carbons (Fsp3) is 0.480. The van der Waals surface area contributed by atoms with Gasteiger partial charge in [-0.15, -0.1) is 0 Å². The van der Waals surface area contributed by atoms with Gasteiger partial charge in [0.05, 0.1) is 0 Å². The van der Waals surface area contributed by atoms with Gasteiger partial charge in [-0.1, -0.05) is 37.6 Å². The molecule has 0 unspecified atom stereocenters. The summed E-state index contributed by atoms with van der Waals surface area (Å²) >= 11 is 0. The van der Waals surface area contributed by atoms with Crippen molar-refractivity contribution in [1.29, 1.82) is 0 Å². The first-order valence-electron chi connectivity index (χ1n) is 12.1. The van der Waals surface area contributed by atoms with E-state index in [1.54, 1.807) is 11.7 Å². The van der Waals surface area contributed by atoms with Crippen LogP contribution in [0.5, 0.6) is 11.5 Å². The summed E-state index contributed by atoms with van der Waals surface area (Å²) in [6.07, 6.45) is -36.8. The summed E-state index contributed by atoms with van der Waals surface area (Å²) < 4.78 is 223. The number of ether oxygens (including phenoxy) is 4. The Labute approximate surface area is 246 Å². The second-order valence-corrected chi connectivity index (χ2v) is 9.05. The standard InChI is InChI=1S/C25H18F16O5/c1-2-3-17(26)18(42)44-16-10-6-14(7-11-16)13-4-8-15(9-5-13)43-12-19(27,28)45-24(38,39)25(40,41)46-23(36,37)21(31,32)20(29,30)22(33,34)35/h4-11,17H,2-3,12H2,1H3/t17-/m0/s1. The number of hydrogen-bond acceptors (Lipinski definition) is 5. The topological polar surface area (TPSA) is 54.0 Å². The maximum atomic E-state index is 13.8. The van der Waals surface area contributed by atoms with Crippen LogP contribution in [0.3, 0.4) is 0 Å². The number of rotatable bonds is 15. The molecule has 0 bridgehead atoms. The van der Waals surface area contributed by atoms with E-state index >= 15 is 0 Å². The molecule has 0 aliphatic rings. The zero-order valence-electron chi connectivity index (χ0n) is 22.4. The molecule has 0 aliphatic carbocycles. The third-order valence-electron chi connectivity index (χ3n) is 5.45. The van der Waals surface area contributed by atoms with Crippen LogP contribution in [0.25, 0.3) is 11.1 Å². The quantitative estimate of drug-likeness (QED) is 0.105. The fourth-order valence-electron chi connectivity index (χ4n) is 3.10. The van der Waals surface area contributed by atoms with Crippen molar-refractivity contribution in [1.82, 2.24) is 0 Å².